The Bertz CT molecular complexity index is 371. The van der Waals surface area contributed by atoms with E-state index in [4.69, 9.17) is 15.9 Å². The second kappa shape index (κ2) is 10.1. The summed E-state index contributed by atoms with van der Waals surface area (Å²) in [6.45, 7) is 8.20. The molecule has 0 fully saturated rings. The van der Waals surface area contributed by atoms with Crippen LogP contribution in [-0.4, -0.2) is 43.3 Å². The molecule has 0 N–H and O–H groups in total. The van der Waals surface area contributed by atoms with Gasteiger partial charge in [-0.1, -0.05) is 33.6 Å². The van der Waals surface area contributed by atoms with Crippen LogP contribution in [0.3, 0.4) is 0 Å². The number of nitrogens with zero attached hydrogens (tertiary/aromatic N) is 1. The maximum Gasteiger partial charge on any atom is 0.411 e. The molecule has 0 rings (SSSR count). The number of hydrogen-bond acceptors (Lipinski definition) is 4. The van der Waals surface area contributed by atoms with Crippen LogP contribution in [0.15, 0.2) is 0 Å². The number of esters is 1. The molecule has 0 aliphatic carbocycles. The topological polar surface area (TPSA) is 55.8 Å². The standard InChI is InChI=1S/C16H27NO4/c1-7-10-21-16(19)17(6)14(13(4)5)15(18)20-11-8-9-12(2)3/h1,12-14H,8-11H2,2-6H3. The van der Waals surface area contributed by atoms with Crippen molar-refractivity contribution < 1.29 is 19.1 Å². The van der Waals surface area contributed by atoms with Crippen LogP contribution in [0.1, 0.15) is 40.5 Å². The van der Waals surface area contributed by atoms with Crippen molar-refractivity contribution in [3.8, 4) is 12.3 Å². The van der Waals surface area contributed by atoms with Crippen molar-refractivity contribution >= 4 is 12.1 Å². The van der Waals surface area contributed by atoms with E-state index in [2.05, 4.69) is 19.8 Å². The third-order valence-electron chi connectivity index (χ3n) is 3.03. The summed E-state index contributed by atoms with van der Waals surface area (Å²) in [6, 6.07) is -0.672. The highest BCUT2D eigenvalue weighted by Crippen LogP contribution is 2.13. The van der Waals surface area contributed by atoms with Gasteiger partial charge in [-0.15, -0.1) is 6.42 Å². The quantitative estimate of drug-likeness (QED) is 0.393. The van der Waals surface area contributed by atoms with Gasteiger partial charge in [0.2, 0.25) is 0 Å². The lowest BCUT2D eigenvalue weighted by Crippen LogP contribution is -2.46. The molecule has 1 atom stereocenters. The highest BCUT2D eigenvalue weighted by molar-refractivity contribution is 5.81. The molecular weight excluding hydrogens is 270 g/mol. The Morgan fingerprint density at radius 2 is 1.81 bits per heavy atom. The van der Waals surface area contributed by atoms with E-state index in [-0.39, 0.29) is 12.5 Å². The fraction of sp³-hybridized carbons (Fsp3) is 0.750. The second-order valence-electron chi connectivity index (χ2n) is 5.76. The van der Waals surface area contributed by atoms with Crippen LogP contribution in [0.4, 0.5) is 4.79 Å². The first-order valence-electron chi connectivity index (χ1n) is 7.30. The van der Waals surface area contributed by atoms with Crippen LogP contribution in [0.2, 0.25) is 0 Å². The first-order chi connectivity index (χ1) is 9.81. The summed E-state index contributed by atoms with van der Waals surface area (Å²) >= 11 is 0. The number of carbonyl (C=O) groups excluding carboxylic acids is 2. The Morgan fingerprint density at radius 3 is 2.29 bits per heavy atom. The SMILES string of the molecule is C#CCOC(=O)N(C)C(C(=O)OCCCC(C)C)C(C)C. The minimum absolute atomic E-state index is 0.0778. The molecule has 0 saturated carbocycles. The zero-order valence-corrected chi connectivity index (χ0v) is 13.7. The summed E-state index contributed by atoms with van der Waals surface area (Å²) in [5.41, 5.74) is 0. The fourth-order valence-electron chi connectivity index (χ4n) is 1.95. The normalized spacial score (nSPS) is 11.9. The molecule has 1 unspecified atom stereocenters. The number of likely N-dealkylation sites (N-methyl/N-ethyl adjacent to an activating group) is 1. The molecule has 0 aromatic carbocycles. The predicted molar refractivity (Wildman–Crippen MR) is 81.6 cm³/mol. The minimum atomic E-state index is -0.672. The van der Waals surface area contributed by atoms with Crippen LogP contribution in [0, 0.1) is 24.2 Å². The molecule has 0 bridgehead atoms. The van der Waals surface area contributed by atoms with Crippen molar-refractivity contribution in [3.05, 3.63) is 0 Å². The Kier molecular flexibility index (Phi) is 9.27. The van der Waals surface area contributed by atoms with Crippen molar-refractivity contribution in [1.82, 2.24) is 4.90 Å². The Morgan fingerprint density at radius 1 is 1.19 bits per heavy atom. The smallest absolute Gasteiger partial charge is 0.411 e. The van der Waals surface area contributed by atoms with Gasteiger partial charge in [-0.3, -0.25) is 4.90 Å². The van der Waals surface area contributed by atoms with Gasteiger partial charge >= 0.3 is 12.1 Å². The average molecular weight is 297 g/mol. The summed E-state index contributed by atoms with van der Waals surface area (Å²) in [6.07, 6.45) is 6.24. The van der Waals surface area contributed by atoms with Gasteiger partial charge in [-0.25, -0.2) is 9.59 Å². The zero-order chi connectivity index (χ0) is 16.4. The van der Waals surface area contributed by atoms with E-state index in [0.29, 0.717) is 12.5 Å². The van der Waals surface area contributed by atoms with Gasteiger partial charge in [0, 0.05) is 7.05 Å². The minimum Gasteiger partial charge on any atom is -0.464 e. The van der Waals surface area contributed by atoms with E-state index in [1.165, 1.54) is 11.9 Å². The number of hydrogen-bond donors (Lipinski definition) is 0. The summed E-state index contributed by atoms with van der Waals surface area (Å²) in [7, 11) is 1.51. The van der Waals surface area contributed by atoms with Gasteiger partial charge in [-0.2, -0.15) is 0 Å². The fourth-order valence-corrected chi connectivity index (χ4v) is 1.95. The highest BCUT2D eigenvalue weighted by Gasteiger charge is 2.31. The first-order valence-corrected chi connectivity index (χ1v) is 7.30. The lowest BCUT2D eigenvalue weighted by atomic mass is 10.0. The zero-order valence-electron chi connectivity index (χ0n) is 13.7. The molecule has 0 spiro atoms. The van der Waals surface area contributed by atoms with E-state index in [1.54, 1.807) is 0 Å². The van der Waals surface area contributed by atoms with E-state index < -0.39 is 18.1 Å². The van der Waals surface area contributed by atoms with Gasteiger partial charge in [0.15, 0.2) is 6.61 Å². The molecule has 1 amide bonds. The summed E-state index contributed by atoms with van der Waals surface area (Å²) in [5, 5.41) is 0. The molecule has 0 radical (unpaired) electrons. The Balaban J connectivity index is 4.49. The third-order valence-corrected chi connectivity index (χ3v) is 3.03. The number of rotatable bonds is 8. The van der Waals surface area contributed by atoms with Crippen LogP contribution in [-0.2, 0) is 14.3 Å². The van der Waals surface area contributed by atoms with Crippen LogP contribution in [0.5, 0.6) is 0 Å². The molecule has 0 aliphatic rings. The van der Waals surface area contributed by atoms with Gasteiger partial charge in [0.05, 0.1) is 6.61 Å². The monoisotopic (exact) mass is 297 g/mol. The van der Waals surface area contributed by atoms with E-state index >= 15 is 0 Å². The molecule has 21 heavy (non-hydrogen) atoms. The molecule has 0 saturated heterocycles. The van der Waals surface area contributed by atoms with Crippen molar-refractivity contribution in [1.29, 1.82) is 0 Å². The third kappa shape index (κ3) is 7.60. The lowest BCUT2D eigenvalue weighted by molar-refractivity contribution is -0.150. The van der Waals surface area contributed by atoms with Crippen molar-refractivity contribution in [2.75, 3.05) is 20.3 Å². The predicted octanol–water partition coefficient (Wildman–Crippen LogP) is 2.69. The van der Waals surface area contributed by atoms with Crippen LogP contribution < -0.4 is 0 Å². The van der Waals surface area contributed by atoms with Gasteiger partial charge in [-0.05, 0) is 24.7 Å². The number of amides is 1. The van der Waals surface area contributed by atoms with Crippen LogP contribution in [0.25, 0.3) is 0 Å². The Labute approximate surface area is 128 Å². The van der Waals surface area contributed by atoms with Gasteiger partial charge < -0.3 is 9.47 Å². The molecule has 120 valence electrons. The molecule has 0 heterocycles. The maximum absolute atomic E-state index is 12.1. The largest absolute Gasteiger partial charge is 0.464 e. The van der Waals surface area contributed by atoms with Crippen LogP contribution >= 0.6 is 0 Å². The summed E-state index contributed by atoms with van der Waals surface area (Å²) in [4.78, 5) is 25.2. The molecular formula is C16H27NO4. The maximum atomic E-state index is 12.1. The Hall–Kier alpha value is -1.70. The molecule has 5 nitrogen and oxygen atoms in total. The van der Waals surface area contributed by atoms with Gasteiger partial charge in [0.25, 0.3) is 0 Å². The molecule has 5 heteroatoms. The average Bonchev–Trinajstić information content (AvgIpc) is 2.40. The van der Waals surface area contributed by atoms with Crippen molar-refractivity contribution in [2.45, 2.75) is 46.6 Å². The molecule has 0 aromatic heterocycles. The second-order valence-corrected chi connectivity index (χ2v) is 5.76. The lowest BCUT2D eigenvalue weighted by Gasteiger charge is -2.28. The van der Waals surface area contributed by atoms with Gasteiger partial charge in [0.1, 0.15) is 6.04 Å². The first kappa shape index (κ1) is 19.3. The summed E-state index contributed by atoms with van der Waals surface area (Å²) < 4.78 is 10.1. The number of ether oxygens (including phenoxy) is 2. The van der Waals surface area contributed by atoms with Crippen molar-refractivity contribution in [2.24, 2.45) is 11.8 Å². The number of carbonyl (C=O) groups is 2. The van der Waals surface area contributed by atoms with Crippen molar-refractivity contribution in [3.63, 3.8) is 0 Å². The van der Waals surface area contributed by atoms with E-state index in [0.717, 1.165) is 12.8 Å². The number of terminal acetylenes is 1. The summed E-state index contributed by atoms with van der Waals surface area (Å²) in [5.74, 6) is 2.31. The molecule has 0 aliphatic heterocycles. The van der Waals surface area contributed by atoms with E-state index in [1.807, 2.05) is 13.8 Å². The highest BCUT2D eigenvalue weighted by atomic mass is 16.6. The molecule has 0 aromatic rings. The van der Waals surface area contributed by atoms with E-state index in [9.17, 15) is 9.59 Å².